The van der Waals surface area contributed by atoms with Crippen molar-refractivity contribution >= 4 is 33.5 Å². The van der Waals surface area contributed by atoms with Crippen LogP contribution < -0.4 is 4.90 Å². The SMILES string of the molecule is COC(=O)c1ccc(N2C(=O)CC(N(Cc3cccnc3)S(=O)(=O)c3ccc(F)cc3)C2=O)cc1. The van der Waals surface area contributed by atoms with Crippen molar-refractivity contribution in [2.24, 2.45) is 0 Å². The number of carbonyl (C=O) groups excluding carboxylic acids is 3. The smallest absolute Gasteiger partial charge is 0.337 e. The Kier molecular flexibility index (Phi) is 6.72. The first-order valence-electron chi connectivity index (χ1n) is 10.4. The minimum absolute atomic E-state index is 0.190. The Morgan fingerprint density at radius 2 is 1.80 bits per heavy atom. The highest BCUT2D eigenvalue weighted by molar-refractivity contribution is 7.89. The molecule has 0 radical (unpaired) electrons. The molecule has 2 aromatic carbocycles. The molecule has 11 heteroatoms. The van der Waals surface area contributed by atoms with E-state index in [0.717, 1.165) is 33.5 Å². The van der Waals surface area contributed by atoms with Gasteiger partial charge < -0.3 is 4.74 Å². The molecular weight excluding hydrogens is 477 g/mol. The standard InChI is InChI=1S/C24H20FN3O6S/c1-34-24(31)17-4-8-19(9-5-17)28-22(29)13-21(23(28)30)27(15-16-3-2-12-26-14-16)35(32,33)20-10-6-18(25)7-11-20/h2-12,14,21H,13,15H2,1H3. The van der Waals surface area contributed by atoms with E-state index in [1.807, 2.05) is 0 Å². The maximum Gasteiger partial charge on any atom is 0.337 e. The van der Waals surface area contributed by atoms with E-state index in [-0.39, 0.29) is 22.7 Å². The molecule has 1 saturated heterocycles. The van der Waals surface area contributed by atoms with Gasteiger partial charge in [0, 0.05) is 18.9 Å². The lowest BCUT2D eigenvalue weighted by Gasteiger charge is -2.27. The lowest BCUT2D eigenvalue weighted by molar-refractivity contribution is -0.122. The third-order valence-corrected chi connectivity index (χ3v) is 7.37. The Bertz CT molecular complexity index is 1360. The monoisotopic (exact) mass is 497 g/mol. The predicted molar refractivity (Wildman–Crippen MR) is 122 cm³/mol. The zero-order valence-electron chi connectivity index (χ0n) is 18.5. The van der Waals surface area contributed by atoms with Gasteiger partial charge >= 0.3 is 5.97 Å². The van der Waals surface area contributed by atoms with Gasteiger partial charge in [-0.1, -0.05) is 6.07 Å². The van der Waals surface area contributed by atoms with Gasteiger partial charge in [-0.15, -0.1) is 0 Å². The molecule has 0 saturated carbocycles. The number of hydrogen-bond acceptors (Lipinski definition) is 7. The van der Waals surface area contributed by atoms with Crippen molar-refractivity contribution in [3.63, 3.8) is 0 Å². The van der Waals surface area contributed by atoms with Crippen LogP contribution in [0.5, 0.6) is 0 Å². The van der Waals surface area contributed by atoms with Crippen LogP contribution in [0.25, 0.3) is 0 Å². The Labute approximate surface area is 200 Å². The first kappa shape index (κ1) is 24.2. The number of esters is 1. The third-order valence-electron chi connectivity index (χ3n) is 5.50. The highest BCUT2D eigenvalue weighted by Crippen LogP contribution is 2.31. The van der Waals surface area contributed by atoms with Gasteiger partial charge in [0.25, 0.3) is 5.91 Å². The third kappa shape index (κ3) is 4.81. The summed E-state index contributed by atoms with van der Waals surface area (Å²) in [4.78, 5) is 42.6. The molecule has 3 aromatic rings. The molecule has 0 bridgehead atoms. The number of ether oxygens (including phenoxy) is 1. The predicted octanol–water partition coefficient (Wildman–Crippen LogP) is 2.53. The molecule has 1 aliphatic heterocycles. The van der Waals surface area contributed by atoms with Gasteiger partial charge in [0.2, 0.25) is 15.9 Å². The van der Waals surface area contributed by atoms with Crippen LogP contribution in [0.4, 0.5) is 10.1 Å². The fraction of sp³-hybridized carbons (Fsp3) is 0.167. The maximum absolute atomic E-state index is 13.5. The van der Waals surface area contributed by atoms with Crippen LogP contribution in [0, 0.1) is 5.82 Å². The van der Waals surface area contributed by atoms with E-state index in [0.29, 0.717) is 5.56 Å². The van der Waals surface area contributed by atoms with Gasteiger partial charge in [0.05, 0.1) is 29.7 Å². The van der Waals surface area contributed by atoms with Crippen LogP contribution in [0.3, 0.4) is 0 Å². The number of anilines is 1. The molecule has 0 N–H and O–H groups in total. The molecule has 0 spiro atoms. The van der Waals surface area contributed by atoms with E-state index in [9.17, 15) is 27.2 Å². The van der Waals surface area contributed by atoms with E-state index in [1.54, 1.807) is 12.1 Å². The largest absolute Gasteiger partial charge is 0.465 e. The van der Waals surface area contributed by atoms with Crippen LogP contribution in [0.15, 0.2) is 78.0 Å². The molecule has 0 aliphatic carbocycles. The summed E-state index contributed by atoms with van der Waals surface area (Å²) in [6, 6.07) is 11.8. The molecule has 180 valence electrons. The highest BCUT2D eigenvalue weighted by Gasteiger charge is 2.47. The maximum atomic E-state index is 13.5. The van der Waals surface area contributed by atoms with Gasteiger partial charge in [0.15, 0.2) is 0 Å². The van der Waals surface area contributed by atoms with Crippen molar-refractivity contribution in [2.75, 3.05) is 12.0 Å². The Morgan fingerprint density at radius 1 is 1.11 bits per heavy atom. The molecule has 1 aliphatic rings. The minimum Gasteiger partial charge on any atom is -0.465 e. The van der Waals surface area contributed by atoms with Crippen LogP contribution in [-0.2, 0) is 30.9 Å². The van der Waals surface area contributed by atoms with Gasteiger partial charge in [-0.05, 0) is 60.2 Å². The van der Waals surface area contributed by atoms with Crippen molar-refractivity contribution in [3.8, 4) is 0 Å². The number of pyridine rings is 1. The topological polar surface area (TPSA) is 114 Å². The molecule has 2 amide bonds. The van der Waals surface area contributed by atoms with Crippen LogP contribution in [-0.4, -0.2) is 48.6 Å². The van der Waals surface area contributed by atoms with Gasteiger partial charge in [-0.2, -0.15) is 4.31 Å². The van der Waals surface area contributed by atoms with Crippen LogP contribution in [0.2, 0.25) is 0 Å². The normalized spacial score (nSPS) is 16.1. The van der Waals surface area contributed by atoms with E-state index in [1.165, 1.54) is 43.8 Å². The van der Waals surface area contributed by atoms with Crippen molar-refractivity contribution in [1.82, 2.24) is 9.29 Å². The number of benzene rings is 2. The molecule has 1 atom stereocenters. The number of hydrogen-bond donors (Lipinski definition) is 0. The molecular formula is C24H20FN3O6S. The Balaban J connectivity index is 1.70. The second-order valence-corrected chi connectivity index (χ2v) is 9.58. The molecule has 1 unspecified atom stereocenters. The molecule has 1 fully saturated rings. The summed E-state index contributed by atoms with van der Waals surface area (Å²) in [5.41, 5.74) is 0.916. The minimum atomic E-state index is -4.30. The fourth-order valence-corrected chi connectivity index (χ4v) is 5.32. The summed E-state index contributed by atoms with van der Waals surface area (Å²) in [6.07, 6.45) is 2.59. The molecule has 9 nitrogen and oxygen atoms in total. The summed E-state index contributed by atoms with van der Waals surface area (Å²) in [6.45, 7) is -0.230. The first-order chi connectivity index (χ1) is 16.7. The number of halogens is 1. The number of amides is 2. The number of imide groups is 1. The van der Waals surface area contributed by atoms with E-state index in [4.69, 9.17) is 0 Å². The second-order valence-electron chi connectivity index (χ2n) is 7.69. The zero-order valence-corrected chi connectivity index (χ0v) is 19.3. The molecule has 35 heavy (non-hydrogen) atoms. The highest BCUT2D eigenvalue weighted by atomic mass is 32.2. The van der Waals surface area contributed by atoms with E-state index >= 15 is 0 Å². The summed E-state index contributed by atoms with van der Waals surface area (Å²) in [5.74, 6) is -2.54. The quantitative estimate of drug-likeness (QED) is 0.364. The van der Waals surface area contributed by atoms with Crippen LogP contribution in [0.1, 0.15) is 22.3 Å². The average molecular weight is 498 g/mol. The first-order valence-corrected chi connectivity index (χ1v) is 11.9. The van der Waals surface area contributed by atoms with Crippen molar-refractivity contribution in [3.05, 3.63) is 90.0 Å². The number of aromatic nitrogens is 1. The lowest BCUT2D eigenvalue weighted by atomic mass is 10.2. The van der Waals surface area contributed by atoms with Gasteiger partial charge in [-0.25, -0.2) is 22.5 Å². The molecule has 4 rings (SSSR count). The van der Waals surface area contributed by atoms with Gasteiger partial charge in [0.1, 0.15) is 11.9 Å². The average Bonchev–Trinajstić information content (AvgIpc) is 3.16. The summed E-state index contributed by atoms with van der Waals surface area (Å²) in [5, 5.41) is 0. The number of rotatable bonds is 7. The lowest BCUT2D eigenvalue weighted by Crippen LogP contribution is -2.45. The van der Waals surface area contributed by atoms with Crippen molar-refractivity contribution in [1.29, 1.82) is 0 Å². The zero-order chi connectivity index (χ0) is 25.2. The number of sulfonamides is 1. The summed E-state index contributed by atoms with van der Waals surface area (Å²) >= 11 is 0. The van der Waals surface area contributed by atoms with E-state index < -0.39 is 46.1 Å². The summed E-state index contributed by atoms with van der Waals surface area (Å²) < 4.78 is 46.1. The molecule has 2 heterocycles. The number of carbonyl (C=O) groups is 3. The van der Waals surface area contributed by atoms with Crippen molar-refractivity contribution in [2.45, 2.75) is 23.9 Å². The molecule has 1 aromatic heterocycles. The number of methoxy groups -OCH3 is 1. The number of nitrogens with zero attached hydrogens (tertiary/aromatic N) is 3. The van der Waals surface area contributed by atoms with E-state index in [2.05, 4.69) is 9.72 Å². The summed E-state index contributed by atoms with van der Waals surface area (Å²) in [7, 11) is -3.08. The Morgan fingerprint density at radius 3 is 2.40 bits per heavy atom. The Hall–Kier alpha value is -3.96. The van der Waals surface area contributed by atoms with Crippen LogP contribution >= 0.6 is 0 Å². The van der Waals surface area contributed by atoms with Gasteiger partial charge in [-0.3, -0.25) is 14.6 Å². The second kappa shape index (κ2) is 9.72. The fourth-order valence-electron chi connectivity index (χ4n) is 3.75. The van der Waals surface area contributed by atoms with Crippen molar-refractivity contribution < 1.29 is 31.9 Å².